The second kappa shape index (κ2) is 10.3. The van der Waals surface area contributed by atoms with Gasteiger partial charge in [0, 0.05) is 66.4 Å². The molecule has 0 saturated carbocycles. The highest BCUT2D eigenvalue weighted by molar-refractivity contribution is 7.89. The zero-order valence-corrected chi connectivity index (χ0v) is 22.3. The van der Waals surface area contributed by atoms with E-state index in [0.717, 1.165) is 28.5 Å². The van der Waals surface area contributed by atoms with E-state index >= 15 is 0 Å². The van der Waals surface area contributed by atoms with Crippen molar-refractivity contribution < 1.29 is 27.9 Å². The number of carbonyl (C=O) groups excluding carboxylic acids is 2. The lowest BCUT2D eigenvalue weighted by Crippen LogP contribution is -2.49. The minimum Gasteiger partial charge on any atom is -0.368 e. The number of benzene rings is 3. The van der Waals surface area contributed by atoms with Crippen molar-refractivity contribution in [2.45, 2.75) is 24.7 Å². The quantitative estimate of drug-likeness (QED) is 0.225. The molecule has 13 nitrogen and oxygen atoms in total. The van der Waals surface area contributed by atoms with Gasteiger partial charge in [-0.15, -0.1) is 0 Å². The van der Waals surface area contributed by atoms with Crippen LogP contribution in [0, 0.1) is 20.2 Å². The summed E-state index contributed by atoms with van der Waals surface area (Å²) >= 11 is 0. The largest absolute Gasteiger partial charge is 0.368 e. The molecule has 0 aliphatic carbocycles. The summed E-state index contributed by atoms with van der Waals surface area (Å²) in [4.78, 5) is 49.7. The van der Waals surface area contributed by atoms with Crippen LogP contribution in [0.1, 0.15) is 40.5 Å². The van der Waals surface area contributed by atoms with Crippen LogP contribution < -0.4 is 4.90 Å². The summed E-state index contributed by atoms with van der Waals surface area (Å²) < 4.78 is 27.7. The Morgan fingerprint density at radius 1 is 0.875 bits per heavy atom. The minimum atomic E-state index is -4.32. The van der Waals surface area contributed by atoms with Crippen LogP contribution >= 0.6 is 0 Å². The number of hydrogen-bond acceptors (Lipinski definition) is 9. The monoisotopic (exact) mass is 567 g/mol. The molecule has 0 radical (unpaired) electrons. The predicted molar refractivity (Wildman–Crippen MR) is 145 cm³/mol. The van der Waals surface area contributed by atoms with Crippen LogP contribution in [0.4, 0.5) is 17.1 Å². The Balaban J connectivity index is 1.43. The van der Waals surface area contributed by atoms with Crippen LogP contribution in [0.2, 0.25) is 0 Å². The van der Waals surface area contributed by atoms with Crippen LogP contribution in [0.15, 0.2) is 53.4 Å². The molecule has 0 unspecified atom stereocenters. The molecule has 1 saturated heterocycles. The molecule has 2 amide bonds. The van der Waals surface area contributed by atoms with E-state index < -0.39 is 36.1 Å². The number of nitrogens with zero attached hydrogens (tertiary/aromatic N) is 5. The van der Waals surface area contributed by atoms with Crippen LogP contribution in [0.25, 0.3) is 10.8 Å². The van der Waals surface area contributed by atoms with E-state index in [1.807, 2.05) is 17.9 Å². The number of amides is 2. The third-order valence-corrected chi connectivity index (χ3v) is 9.20. The molecular formula is C26H25N5O8S. The average molecular weight is 568 g/mol. The van der Waals surface area contributed by atoms with Crippen molar-refractivity contribution in [3.8, 4) is 0 Å². The molecule has 0 atom stereocenters. The van der Waals surface area contributed by atoms with Gasteiger partial charge in [0.2, 0.25) is 10.0 Å². The molecular weight excluding hydrogens is 542 g/mol. The molecule has 0 N–H and O–H groups in total. The first-order chi connectivity index (χ1) is 19.1. The van der Waals surface area contributed by atoms with Crippen LogP contribution in [0.5, 0.6) is 0 Å². The van der Waals surface area contributed by atoms with Crippen LogP contribution in [-0.2, 0) is 10.0 Å². The van der Waals surface area contributed by atoms with Gasteiger partial charge in [-0.25, -0.2) is 8.42 Å². The van der Waals surface area contributed by atoms with E-state index in [4.69, 9.17) is 0 Å². The number of nitro benzene ring substituents is 2. The molecule has 0 bridgehead atoms. The molecule has 0 spiro atoms. The maximum Gasteiger partial charge on any atom is 0.296 e. The fraction of sp³-hybridized carbons (Fsp3) is 0.308. The van der Waals surface area contributed by atoms with Gasteiger partial charge in [-0.3, -0.25) is 34.7 Å². The maximum atomic E-state index is 13.3. The Labute approximate surface area is 228 Å². The van der Waals surface area contributed by atoms with Gasteiger partial charge in [-0.1, -0.05) is 25.5 Å². The Kier molecular flexibility index (Phi) is 6.98. The average Bonchev–Trinajstić information content (AvgIpc) is 2.95. The molecule has 2 heterocycles. The Morgan fingerprint density at radius 3 is 2.17 bits per heavy atom. The number of carbonyl (C=O) groups is 2. The lowest BCUT2D eigenvalue weighted by Gasteiger charge is -2.36. The molecule has 2 aliphatic rings. The summed E-state index contributed by atoms with van der Waals surface area (Å²) in [5.41, 5.74) is 0.182. The number of imide groups is 1. The highest BCUT2D eigenvalue weighted by Gasteiger charge is 2.37. The van der Waals surface area contributed by atoms with E-state index in [1.54, 1.807) is 24.3 Å². The maximum absolute atomic E-state index is 13.3. The molecule has 208 valence electrons. The van der Waals surface area contributed by atoms with E-state index in [2.05, 4.69) is 0 Å². The lowest BCUT2D eigenvalue weighted by atomic mass is 9.92. The molecule has 3 aromatic rings. The molecule has 2 aliphatic heterocycles. The number of sulfonamides is 1. The van der Waals surface area contributed by atoms with Gasteiger partial charge in [-0.2, -0.15) is 4.31 Å². The molecule has 14 heteroatoms. The molecule has 3 aromatic carbocycles. The van der Waals surface area contributed by atoms with E-state index in [-0.39, 0.29) is 38.0 Å². The van der Waals surface area contributed by atoms with Crippen molar-refractivity contribution in [1.82, 2.24) is 9.21 Å². The van der Waals surface area contributed by atoms with Gasteiger partial charge in [0.15, 0.2) is 4.90 Å². The summed E-state index contributed by atoms with van der Waals surface area (Å²) in [7, 11) is -4.32. The first-order valence-corrected chi connectivity index (χ1v) is 14.1. The van der Waals surface area contributed by atoms with Crippen molar-refractivity contribution in [2.24, 2.45) is 0 Å². The zero-order chi connectivity index (χ0) is 28.8. The number of anilines is 1. The summed E-state index contributed by atoms with van der Waals surface area (Å²) in [5.74, 6) is -0.677. The van der Waals surface area contributed by atoms with E-state index in [0.29, 0.717) is 40.9 Å². The fourth-order valence-corrected chi connectivity index (χ4v) is 6.77. The topological polar surface area (TPSA) is 164 Å². The number of hydrogen-bond donors (Lipinski definition) is 0. The summed E-state index contributed by atoms with van der Waals surface area (Å²) in [6.45, 7) is 2.81. The predicted octanol–water partition coefficient (Wildman–Crippen LogP) is 3.56. The SMILES string of the molecule is CCCCN1C(=O)c2cccc3c(N4CCN(S(=O)(=O)c5ccc([N+](=O)[O-])cc5[N+](=O)[O-])CC4)ccc(c23)C1=O. The molecule has 5 rings (SSSR count). The van der Waals surface area contributed by atoms with Gasteiger partial charge < -0.3 is 4.90 Å². The minimum absolute atomic E-state index is 0.00205. The van der Waals surface area contributed by atoms with Crippen LogP contribution in [-0.4, -0.2) is 72.0 Å². The molecule has 1 fully saturated rings. The highest BCUT2D eigenvalue weighted by Crippen LogP contribution is 2.37. The van der Waals surface area contributed by atoms with Gasteiger partial charge in [0.25, 0.3) is 23.2 Å². The fourth-order valence-electron chi connectivity index (χ4n) is 5.21. The van der Waals surface area contributed by atoms with Crippen molar-refractivity contribution in [1.29, 1.82) is 0 Å². The summed E-state index contributed by atoms with van der Waals surface area (Å²) in [5, 5.41) is 23.8. The zero-order valence-electron chi connectivity index (χ0n) is 21.5. The number of unbranched alkanes of at least 4 members (excludes halogenated alkanes) is 1. The van der Waals surface area contributed by atoms with Crippen molar-refractivity contribution >= 4 is 49.7 Å². The lowest BCUT2D eigenvalue weighted by molar-refractivity contribution is -0.396. The first kappa shape index (κ1) is 27.1. The van der Waals surface area contributed by atoms with Gasteiger partial charge in [-0.05, 0) is 30.7 Å². The van der Waals surface area contributed by atoms with Crippen LogP contribution in [0.3, 0.4) is 0 Å². The Morgan fingerprint density at radius 2 is 1.55 bits per heavy atom. The second-order valence-corrected chi connectivity index (χ2v) is 11.4. The summed E-state index contributed by atoms with van der Waals surface area (Å²) in [6, 6.07) is 11.2. The Hall–Kier alpha value is -4.43. The Bertz CT molecular complexity index is 1660. The number of nitro groups is 2. The number of piperazine rings is 1. The standard InChI is InChI=1S/C26H25N5O8S/c1-2-3-11-29-25(32)19-6-4-5-18-21(9-8-20(24(18)19)26(29)33)27-12-14-28(15-13-27)40(38,39)23-10-7-17(30(34)35)16-22(23)31(36)37/h4-10,16H,2-3,11-15H2,1H3. The van der Waals surface area contributed by atoms with Crippen molar-refractivity contribution in [3.05, 3.63) is 79.9 Å². The smallest absolute Gasteiger partial charge is 0.296 e. The third-order valence-electron chi connectivity index (χ3n) is 7.25. The van der Waals surface area contributed by atoms with Gasteiger partial charge in [0.1, 0.15) is 0 Å². The van der Waals surface area contributed by atoms with E-state index in [9.17, 15) is 38.2 Å². The van der Waals surface area contributed by atoms with Gasteiger partial charge >= 0.3 is 0 Å². The summed E-state index contributed by atoms with van der Waals surface area (Å²) in [6.07, 6.45) is 1.55. The molecule has 40 heavy (non-hydrogen) atoms. The molecule has 0 aromatic heterocycles. The van der Waals surface area contributed by atoms with Crippen molar-refractivity contribution in [3.63, 3.8) is 0 Å². The number of non-ortho nitro benzene ring substituents is 1. The second-order valence-electron chi connectivity index (χ2n) is 9.53. The third kappa shape index (κ3) is 4.44. The first-order valence-electron chi connectivity index (χ1n) is 12.7. The normalized spacial score (nSPS) is 16.0. The highest BCUT2D eigenvalue weighted by atomic mass is 32.2. The van der Waals surface area contributed by atoms with Crippen molar-refractivity contribution in [2.75, 3.05) is 37.6 Å². The van der Waals surface area contributed by atoms with E-state index in [1.165, 1.54) is 4.90 Å². The van der Waals surface area contributed by atoms with Gasteiger partial charge in [0.05, 0.1) is 15.9 Å². The number of rotatable bonds is 8.